The highest BCUT2D eigenvalue weighted by Crippen LogP contribution is 2.11. The van der Waals surface area contributed by atoms with Crippen molar-refractivity contribution >= 4 is 11.8 Å². The maximum Gasteiger partial charge on any atom is 0.328 e. The van der Waals surface area contributed by atoms with Crippen molar-refractivity contribution in [1.29, 1.82) is 0 Å². The topological polar surface area (TPSA) is 64.1 Å². The molecule has 90 valence electrons. The van der Waals surface area contributed by atoms with Gasteiger partial charge in [-0.05, 0) is 12.7 Å². The van der Waals surface area contributed by atoms with E-state index in [1.54, 1.807) is 18.9 Å². The van der Waals surface area contributed by atoms with Crippen LogP contribution in [-0.4, -0.2) is 34.8 Å². The summed E-state index contributed by atoms with van der Waals surface area (Å²) in [5.74, 6) is 0. The van der Waals surface area contributed by atoms with Gasteiger partial charge in [0, 0.05) is 31.2 Å². The van der Waals surface area contributed by atoms with E-state index in [9.17, 15) is 9.59 Å². The highest BCUT2D eigenvalue weighted by molar-refractivity contribution is 7.99. The van der Waals surface area contributed by atoms with Crippen LogP contribution in [0.15, 0.2) is 21.9 Å². The van der Waals surface area contributed by atoms with Gasteiger partial charge in [-0.1, -0.05) is 0 Å². The van der Waals surface area contributed by atoms with Crippen LogP contribution in [0.2, 0.25) is 0 Å². The van der Waals surface area contributed by atoms with E-state index in [0.29, 0.717) is 18.4 Å². The lowest BCUT2D eigenvalue weighted by Gasteiger charge is -2.13. The summed E-state index contributed by atoms with van der Waals surface area (Å²) in [5, 5.41) is 0.365. The molecule has 0 bridgehead atoms. The van der Waals surface area contributed by atoms with Crippen molar-refractivity contribution in [3.05, 3.63) is 33.1 Å². The maximum atomic E-state index is 11.4. The molecule has 1 atom stereocenters. The van der Waals surface area contributed by atoms with Crippen LogP contribution in [0.25, 0.3) is 0 Å². The van der Waals surface area contributed by atoms with Gasteiger partial charge in [0.25, 0.3) is 5.56 Å². The van der Waals surface area contributed by atoms with Crippen molar-refractivity contribution in [3.63, 3.8) is 0 Å². The van der Waals surface area contributed by atoms with E-state index in [1.165, 1.54) is 16.8 Å². The Morgan fingerprint density at radius 2 is 2.31 bits per heavy atom. The molecule has 5 nitrogen and oxygen atoms in total. The zero-order valence-electron chi connectivity index (χ0n) is 9.43. The zero-order valence-corrected chi connectivity index (χ0v) is 10.3. The number of ether oxygens (including phenoxy) is 1. The Labute approximate surface area is 97.8 Å². The molecule has 0 saturated heterocycles. The SMILES string of the molecule is COCC(CCn1ccc(=O)[nH]c1=O)SC. The highest BCUT2D eigenvalue weighted by atomic mass is 32.2. The second-order valence-corrected chi connectivity index (χ2v) is 4.54. The predicted molar refractivity (Wildman–Crippen MR) is 65.1 cm³/mol. The average molecular weight is 244 g/mol. The van der Waals surface area contributed by atoms with Crippen LogP contribution in [0.4, 0.5) is 0 Å². The number of aromatic amines is 1. The summed E-state index contributed by atoms with van der Waals surface area (Å²) in [6.07, 6.45) is 4.37. The molecule has 0 aromatic carbocycles. The summed E-state index contributed by atoms with van der Waals surface area (Å²) < 4.78 is 6.57. The molecule has 1 rings (SSSR count). The molecular formula is C10H16N2O3S. The summed E-state index contributed by atoms with van der Waals surface area (Å²) in [6.45, 7) is 1.25. The molecule has 1 aromatic heterocycles. The molecule has 6 heteroatoms. The first-order valence-electron chi connectivity index (χ1n) is 4.99. The van der Waals surface area contributed by atoms with Crippen molar-refractivity contribution in [2.24, 2.45) is 0 Å². The van der Waals surface area contributed by atoms with Crippen LogP contribution < -0.4 is 11.2 Å². The second kappa shape index (κ2) is 6.55. The molecular weight excluding hydrogens is 228 g/mol. The zero-order chi connectivity index (χ0) is 12.0. The van der Waals surface area contributed by atoms with Gasteiger partial charge in [0.2, 0.25) is 0 Å². The summed E-state index contributed by atoms with van der Waals surface area (Å²) >= 11 is 1.71. The Kier molecular flexibility index (Phi) is 5.34. The third-order valence-corrected chi connectivity index (χ3v) is 3.31. The van der Waals surface area contributed by atoms with E-state index in [1.807, 2.05) is 6.26 Å². The molecule has 0 aliphatic heterocycles. The predicted octanol–water partition coefficient (Wildman–Crippen LogP) is 0.305. The molecule has 1 unspecified atom stereocenters. The first kappa shape index (κ1) is 13.1. The standard InChI is InChI=1S/C10H16N2O3S/c1-15-7-8(16-2)3-5-12-6-4-9(13)11-10(12)14/h4,6,8H,3,5,7H2,1-2H3,(H,11,13,14). The van der Waals surface area contributed by atoms with Crippen LogP contribution in [0, 0.1) is 0 Å². The lowest BCUT2D eigenvalue weighted by Crippen LogP contribution is -2.29. The smallest absolute Gasteiger partial charge is 0.328 e. The lowest BCUT2D eigenvalue weighted by molar-refractivity contribution is 0.195. The molecule has 1 N–H and O–H groups in total. The lowest BCUT2D eigenvalue weighted by atomic mass is 10.3. The second-order valence-electron chi connectivity index (χ2n) is 3.41. The van der Waals surface area contributed by atoms with Gasteiger partial charge in [-0.2, -0.15) is 11.8 Å². The number of hydrogen-bond acceptors (Lipinski definition) is 4. The fraction of sp³-hybridized carbons (Fsp3) is 0.600. The minimum absolute atomic E-state index is 0.357. The number of H-pyrrole nitrogens is 1. The molecule has 0 aliphatic carbocycles. The Bertz CT molecular complexity index is 427. The van der Waals surface area contributed by atoms with E-state index in [2.05, 4.69) is 4.98 Å². The van der Waals surface area contributed by atoms with Gasteiger partial charge in [-0.3, -0.25) is 9.78 Å². The van der Waals surface area contributed by atoms with E-state index >= 15 is 0 Å². The van der Waals surface area contributed by atoms with Crippen LogP contribution in [-0.2, 0) is 11.3 Å². The number of nitrogens with one attached hydrogen (secondary N) is 1. The van der Waals surface area contributed by atoms with Gasteiger partial charge in [0.15, 0.2) is 0 Å². The third-order valence-electron chi connectivity index (χ3n) is 2.27. The first-order valence-corrected chi connectivity index (χ1v) is 6.27. The van der Waals surface area contributed by atoms with Crippen LogP contribution in [0.3, 0.4) is 0 Å². The number of nitrogens with zero attached hydrogens (tertiary/aromatic N) is 1. The number of methoxy groups -OCH3 is 1. The normalized spacial score (nSPS) is 12.6. The van der Waals surface area contributed by atoms with Gasteiger partial charge >= 0.3 is 5.69 Å². The Hall–Kier alpha value is -1.01. The van der Waals surface area contributed by atoms with Crippen molar-refractivity contribution in [1.82, 2.24) is 9.55 Å². The minimum Gasteiger partial charge on any atom is -0.384 e. The van der Waals surface area contributed by atoms with E-state index < -0.39 is 0 Å². The monoisotopic (exact) mass is 244 g/mol. The number of aryl methyl sites for hydroxylation is 1. The van der Waals surface area contributed by atoms with E-state index in [0.717, 1.165) is 6.42 Å². The first-order chi connectivity index (χ1) is 7.67. The Morgan fingerprint density at radius 3 is 2.88 bits per heavy atom. The molecule has 16 heavy (non-hydrogen) atoms. The molecule has 0 radical (unpaired) electrons. The van der Waals surface area contributed by atoms with Gasteiger partial charge in [-0.15, -0.1) is 0 Å². The minimum atomic E-state index is -0.362. The van der Waals surface area contributed by atoms with Gasteiger partial charge in [0.1, 0.15) is 0 Å². The highest BCUT2D eigenvalue weighted by Gasteiger charge is 2.07. The van der Waals surface area contributed by atoms with Gasteiger partial charge in [0.05, 0.1) is 6.61 Å². The number of rotatable bonds is 6. The Balaban J connectivity index is 2.60. The van der Waals surface area contributed by atoms with Crippen molar-refractivity contribution < 1.29 is 4.74 Å². The van der Waals surface area contributed by atoms with Crippen LogP contribution in [0.1, 0.15) is 6.42 Å². The molecule has 0 amide bonds. The summed E-state index contributed by atoms with van der Waals surface area (Å²) in [4.78, 5) is 24.4. The quantitative estimate of drug-likeness (QED) is 0.782. The maximum absolute atomic E-state index is 11.4. The largest absolute Gasteiger partial charge is 0.384 e. The number of thioether (sulfide) groups is 1. The summed E-state index contributed by atoms with van der Waals surface area (Å²) in [7, 11) is 1.66. The van der Waals surface area contributed by atoms with Crippen molar-refractivity contribution in [3.8, 4) is 0 Å². The number of aromatic nitrogens is 2. The molecule has 1 heterocycles. The molecule has 0 fully saturated rings. The summed E-state index contributed by atoms with van der Waals surface area (Å²) in [6, 6.07) is 1.35. The van der Waals surface area contributed by atoms with E-state index in [4.69, 9.17) is 4.74 Å². The van der Waals surface area contributed by atoms with Crippen LogP contribution >= 0.6 is 11.8 Å². The number of hydrogen-bond donors (Lipinski definition) is 1. The summed E-state index contributed by atoms with van der Waals surface area (Å²) in [5.41, 5.74) is -0.718. The average Bonchev–Trinajstić information content (AvgIpc) is 2.26. The fourth-order valence-corrected chi connectivity index (χ4v) is 1.97. The molecule has 0 spiro atoms. The Morgan fingerprint density at radius 1 is 1.56 bits per heavy atom. The molecule has 0 saturated carbocycles. The molecule has 0 aliphatic rings. The third kappa shape index (κ3) is 3.86. The fourth-order valence-electron chi connectivity index (χ4n) is 1.36. The van der Waals surface area contributed by atoms with E-state index in [-0.39, 0.29) is 11.2 Å². The van der Waals surface area contributed by atoms with Crippen LogP contribution in [0.5, 0.6) is 0 Å². The molecule has 1 aromatic rings. The van der Waals surface area contributed by atoms with Gasteiger partial charge < -0.3 is 9.30 Å². The van der Waals surface area contributed by atoms with Crippen molar-refractivity contribution in [2.75, 3.05) is 20.0 Å². The van der Waals surface area contributed by atoms with Crippen molar-refractivity contribution in [2.45, 2.75) is 18.2 Å². The van der Waals surface area contributed by atoms with Gasteiger partial charge in [-0.25, -0.2) is 4.79 Å².